The first-order chi connectivity index (χ1) is 13.0. The Balaban J connectivity index is 1.77. The van der Waals surface area contributed by atoms with Gasteiger partial charge in [-0.3, -0.25) is 0 Å². The molecule has 3 aromatic rings. The van der Waals surface area contributed by atoms with E-state index in [4.69, 9.17) is 0 Å². The first kappa shape index (κ1) is 17.9. The highest BCUT2D eigenvalue weighted by Gasteiger charge is 2.14. The van der Waals surface area contributed by atoms with Gasteiger partial charge in [0.1, 0.15) is 6.07 Å². The Morgan fingerprint density at radius 3 is 2.89 bits per heavy atom. The first-order valence-corrected chi connectivity index (χ1v) is 7.63. The highest BCUT2D eigenvalue weighted by atomic mass is 19.3. The molecule has 0 fully saturated rings. The summed E-state index contributed by atoms with van der Waals surface area (Å²) in [7, 11) is 0. The number of alkyl halides is 2. The summed E-state index contributed by atoms with van der Waals surface area (Å²) in [5, 5.41) is 28.9. The summed E-state index contributed by atoms with van der Waals surface area (Å²) in [5.41, 5.74) is 0.739. The van der Waals surface area contributed by atoms with Crippen LogP contribution in [0.3, 0.4) is 0 Å². The van der Waals surface area contributed by atoms with Gasteiger partial charge >= 0.3 is 6.61 Å². The second kappa shape index (κ2) is 8.00. The number of aromatic nitrogens is 6. The van der Waals surface area contributed by atoms with Crippen LogP contribution in [0.4, 0.5) is 26.2 Å². The molecule has 0 aliphatic carbocycles. The lowest BCUT2D eigenvalue weighted by molar-refractivity contribution is -0.0528. The number of hydrogen-bond donors (Lipinski definition) is 3. The van der Waals surface area contributed by atoms with Gasteiger partial charge in [-0.25, -0.2) is 15.1 Å². The number of nitriles is 1. The van der Waals surface area contributed by atoms with Crippen LogP contribution in [0.1, 0.15) is 24.4 Å². The Morgan fingerprint density at radius 2 is 2.19 bits per heavy atom. The minimum Gasteiger partial charge on any atom is -0.417 e. The third-order valence-electron chi connectivity index (χ3n) is 3.29. The van der Waals surface area contributed by atoms with Gasteiger partial charge in [-0.1, -0.05) is 0 Å². The normalized spacial score (nSPS) is 11.7. The predicted octanol–water partition coefficient (Wildman–Crippen LogP) is 2.38. The Morgan fingerprint density at radius 1 is 1.33 bits per heavy atom. The van der Waals surface area contributed by atoms with E-state index in [1.165, 1.54) is 12.3 Å². The molecular formula is C15H13F2N9O. The van der Waals surface area contributed by atoms with Crippen molar-refractivity contribution < 1.29 is 13.5 Å². The average molecular weight is 373 g/mol. The maximum absolute atomic E-state index is 12.2. The number of ether oxygens (including phenoxy) is 1. The number of anilines is 3. The number of aromatic amines is 1. The van der Waals surface area contributed by atoms with Crippen molar-refractivity contribution in [2.24, 2.45) is 0 Å². The third-order valence-corrected chi connectivity index (χ3v) is 3.29. The molecule has 0 spiro atoms. The van der Waals surface area contributed by atoms with E-state index in [1.807, 2.05) is 13.0 Å². The second-order valence-corrected chi connectivity index (χ2v) is 5.20. The zero-order valence-corrected chi connectivity index (χ0v) is 13.9. The predicted molar refractivity (Wildman–Crippen MR) is 89.3 cm³/mol. The molecule has 0 saturated heterocycles. The maximum atomic E-state index is 12.2. The Bertz CT molecular complexity index is 942. The summed E-state index contributed by atoms with van der Waals surface area (Å²) in [6, 6.07) is 6.42. The van der Waals surface area contributed by atoms with Gasteiger partial charge < -0.3 is 15.4 Å². The molecule has 3 heterocycles. The molecule has 0 bridgehead atoms. The number of nitrogens with zero attached hydrogens (tertiary/aromatic N) is 6. The highest BCUT2D eigenvalue weighted by molar-refractivity contribution is 5.57. The molecule has 0 radical (unpaired) electrons. The van der Waals surface area contributed by atoms with Crippen molar-refractivity contribution in [1.82, 2.24) is 30.4 Å². The molecule has 10 nitrogen and oxygen atoms in total. The molecule has 3 aromatic heterocycles. The lowest BCUT2D eigenvalue weighted by Gasteiger charge is -2.14. The van der Waals surface area contributed by atoms with Gasteiger partial charge in [0, 0.05) is 12.3 Å². The maximum Gasteiger partial charge on any atom is 0.388 e. The fourth-order valence-electron chi connectivity index (χ4n) is 2.11. The number of rotatable bonds is 7. The average Bonchev–Trinajstić information content (AvgIpc) is 3.08. The van der Waals surface area contributed by atoms with Crippen molar-refractivity contribution in [3.63, 3.8) is 0 Å². The van der Waals surface area contributed by atoms with Crippen LogP contribution in [0.2, 0.25) is 0 Å². The molecule has 0 amide bonds. The van der Waals surface area contributed by atoms with Crippen LogP contribution in [0.15, 0.2) is 30.6 Å². The van der Waals surface area contributed by atoms with Gasteiger partial charge in [0.2, 0.25) is 5.88 Å². The SMILES string of the molecule is C[C@H](Nc1nc(Nc2cc(OC(F)F)[nH]n2)cnc1C#N)c1cccnn1. The van der Waals surface area contributed by atoms with Crippen molar-refractivity contribution in [3.05, 3.63) is 42.0 Å². The monoisotopic (exact) mass is 373 g/mol. The van der Waals surface area contributed by atoms with E-state index in [9.17, 15) is 14.0 Å². The summed E-state index contributed by atoms with van der Waals surface area (Å²) >= 11 is 0. The van der Waals surface area contributed by atoms with Crippen LogP contribution < -0.4 is 15.4 Å². The van der Waals surface area contributed by atoms with Crippen molar-refractivity contribution >= 4 is 17.5 Å². The van der Waals surface area contributed by atoms with E-state index in [-0.39, 0.29) is 35.1 Å². The lowest BCUT2D eigenvalue weighted by Crippen LogP contribution is -2.12. The van der Waals surface area contributed by atoms with Gasteiger partial charge in [-0.05, 0) is 19.1 Å². The molecule has 0 aliphatic rings. The first-order valence-electron chi connectivity index (χ1n) is 7.63. The van der Waals surface area contributed by atoms with Crippen LogP contribution in [-0.2, 0) is 0 Å². The molecular weight excluding hydrogens is 360 g/mol. The summed E-state index contributed by atoms with van der Waals surface area (Å²) in [6.07, 6.45) is 2.87. The van der Waals surface area contributed by atoms with E-state index in [0.29, 0.717) is 5.69 Å². The molecule has 1 atom stereocenters. The highest BCUT2D eigenvalue weighted by Crippen LogP contribution is 2.22. The van der Waals surface area contributed by atoms with Crippen LogP contribution in [0, 0.1) is 11.3 Å². The number of nitrogens with one attached hydrogen (secondary N) is 3. The van der Waals surface area contributed by atoms with Crippen molar-refractivity contribution in [2.75, 3.05) is 10.6 Å². The molecule has 0 unspecified atom stereocenters. The quantitative estimate of drug-likeness (QED) is 0.570. The van der Waals surface area contributed by atoms with E-state index >= 15 is 0 Å². The van der Waals surface area contributed by atoms with E-state index < -0.39 is 6.61 Å². The molecule has 0 aromatic carbocycles. The zero-order valence-electron chi connectivity index (χ0n) is 13.9. The van der Waals surface area contributed by atoms with Crippen molar-refractivity contribution in [2.45, 2.75) is 19.6 Å². The Kier molecular flexibility index (Phi) is 5.31. The minimum absolute atomic E-state index is 0.0834. The third kappa shape index (κ3) is 4.60. The second-order valence-electron chi connectivity index (χ2n) is 5.20. The van der Waals surface area contributed by atoms with Gasteiger partial charge in [0.15, 0.2) is 23.1 Å². The molecule has 27 heavy (non-hydrogen) atoms. The van der Waals surface area contributed by atoms with Crippen LogP contribution in [0.25, 0.3) is 0 Å². The van der Waals surface area contributed by atoms with Crippen molar-refractivity contribution in [3.8, 4) is 11.9 Å². The topological polar surface area (TPSA) is 137 Å². The lowest BCUT2D eigenvalue weighted by atomic mass is 10.2. The molecule has 0 saturated carbocycles. The van der Waals surface area contributed by atoms with Crippen LogP contribution in [-0.4, -0.2) is 37.0 Å². The summed E-state index contributed by atoms with van der Waals surface area (Å²) in [4.78, 5) is 8.30. The van der Waals surface area contributed by atoms with E-state index in [0.717, 1.165) is 0 Å². The van der Waals surface area contributed by atoms with Gasteiger partial charge in [0.25, 0.3) is 0 Å². The molecule has 3 N–H and O–H groups in total. The molecule has 12 heteroatoms. The molecule has 138 valence electrons. The Labute approximate surface area is 151 Å². The summed E-state index contributed by atoms with van der Waals surface area (Å²) in [5.74, 6) is 0.458. The largest absolute Gasteiger partial charge is 0.417 e. The van der Waals surface area contributed by atoms with Gasteiger partial charge in [-0.2, -0.15) is 29.3 Å². The Hall–Kier alpha value is -3.88. The van der Waals surface area contributed by atoms with Crippen LogP contribution >= 0.6 is 0 Å². The zero-order chi connectivity index (χ0) is 19.2. The molecule has 3 rings (SSSR count). The number of halogens is 2. The number of hydrogen-bond acceptors (Lipinski definition) is 9. The smallest absolute Gasteiger partial charge is 0.388 e. The van der Waals surface area contributed by atoms with E-state index in [1.54, 1.807) is 18.3 Å². The minimum atomic E-state index is -2.97. The standard InChI is InChI=1S/C15H13F2N9O/c1-8(9-3-2-4-20-24-9)21-14-10(6-18)19-7-12(23-14)22-11-5-13(26-25-11)27-15(16)17/h2-5,7-8,15H,1H3,(H3,21,22,23,25,26)/t8-/m0/s1. The van der Waals surface area contributed by atoms with Crippen LogP contribution in [0.5, 0.6) is 5.88 Å². The van der Waals surface area contributed by atoms with E-state index in [2.05, 4.69) is 45.7 Å². The van der Waals surface area contributed by atoms with Gasteiger partial charge in [-0.15, -0.1) is 0 Å². The summed E-state index contributed by atoms with van der Waals surface area (Å²) < 4.78 is 28.6. The fourth-order valence-corrected chi connectivity index (χ4v) is 2.11. The van der Waals surface area contributed by atoms with Crippen molar-refractivity contribution in [1.29, 1.82) is 5.26 Å². The fraction of sp³-hybridized carbons (Fsp3) is 0.200. The molecule has 0 aliphatic heterocycles. The summed E-state index contributed by atoms with van der Waals surface area (Å²) in [6.45, 7) is -1.14. The van der Waals surface area contributed by atoms with Gasteiger partial charge in [0.05, 0.1) is 17.9 Å². The number of H-pyrrole nitrogens is 1.